The van der Waals surface area contributed by atoms with Gasteiger partial charge in [0.2, 0.25) is 0 Å². The van der Waals surface area contributed by atoms with Crippen LogP contribution in [0.15, 0.2) is 42.7 Å². The highest BCUT2D eigenvalue weighted by molar-refractivity contribution is 6.32. The summed E-state index contributed by atoms with van der Waals surface area (Å²) in [5.41, 5.74) is -0.0187. The zero-order valence-electron chi connectivity index (χ0n) is 13.3. The van der Waals surface area contributed by atoms with Crippen LogP contribution in [-0.4, -0.2) is 39.9 Å². The van der Waals surface area contributed by atoms with E-state index in [1.807, 2.05) is 0 Å². The van der Waals surface area contributed by atoms with Gasteiger partial charge in [0.05, 0.1) is 11.5 Å². The third-order valence-corrected chi connectivity index (χ3v) is 4.33. The minimum Gasteiger partial charge on any atom is -0.488 e. The van der Waals surface area contributed by atoms with Crippen molar-refractivity contribution in [1.29, 1.82) is 0 Å². The number of likely N-dealkylation sites (tertiary alicyclic amines) is 1. The van der Waals surface area contributed by atoms with Crippen LogP contribution >= 0.6 is 11.6 Å². The molecule has 7 nitrogen and oxygen atoms in total. The maximum absolute atomic E-state index is 12.7. The number of nitro groups is 1. The van der Waals surface area contributed by atoms with Gasteiger partial charge in [-0.25, -0.2) is 0 Å². The Bertz CT molecular complexity index is 785. The lowest BCUT2D eigenvalue weighted by Crippen LogP contribution is -2.44. The van der Waals surface area contributed by atoms with Crippen LogP contribution in [0.5, 0.6) is 5.75 Å². The number of nitrogens with zero attached hydrogens (tertiary/aromatic N) is 3. The van der Waals surface area contributed by atoms with Crippen molar-refractivity contribution in [2.24, 2.45) is 0 Å². The fraction of sp³-hybridized carbons (Fsp3) is 0.294. The van der Waals surface area contributed by atoms with Crippen molar-refractivity contribution in [3.8, 4) is 5.75 Å². The number of amides is 1. The van der Waals surface area contributed by atoms with E-state index >= 15 is 0 Å². The Hall–Kier alpha value is -2.67. The molecule has 0 N–H and O–H groups in total. The lowest BCUT2D eigenvalue weighted by molar-refractivity contribution is -0.384. The first-order valence-corrected chi connectivity index (χ1v) is 8.22. The van der Waals surface area contributed by atoms with Crippen molar-refractivity contribution in [2.45, 2.75) is 18.9 Å². The molecule has 0 radical (unpaired) electrons. The van der Waals surface area contributed by atoms with Crippen molar-refractivity contribution < 1.29 is 14.5 Å². The zero-order chi connectivity index (χ0) is 17.8. The summed E-state index contributed by atoms with van der Waals surface area (Å²) in [5.74, 6) is 0.444. The molecule has 1 amide bonds. The highest BCUT2D eigenvalue weighted by Crippen LogP contribution is 2.26. The van der Waals surface area contributed by atoms with E-state index in [9.17, 15) is 14.9 Å². The Morgan fingerprint density at radius 2 is 2.08 bits per heavy atom. The lowest BCUT2D eigenvalue weighted by atomic mass is 10.1. The average Bonchev–Trinajstić information content (AvgIpc) is 2.62. The molecule has 2 heterocycles. The number of hydrogen-bond donors (Lipinski definition) is 0. The molecule has 1 aromatic carbocycles. The van der Waals surface area contributed by atoms with Gasteiger partial charge in [0, 0.05) is 30.6 Å². The zero-order valence-corrected chi connectivity index (χ0v) is 14.1. The monoisotopic (exact) mass is 361 g/mol. The average molecular weight is 362 g/mol. The van der Waals surface area contributed by atoms with Gasteiger partial charge in [-0.3, -0.25) is 19.9 Å². The number of benzene rings is 1. The maximum atomic E-state index is 12.7. The van der Waals surface area contributed by atoms with E-state index in [1.165, 1.54) is 18.2 Å². The molecule has 130 valence electrons. The lowest BCUT2D eigenvalue weighted by Gasteiger charge is -2.33. The largest absolute Gasteiger partial charge is 0.488 e. The Balaban J connectivity index is 1.72. The molecule has 0 bridgehead atoms. The summed E-state index contributed by atoms with van der Waals surface area (Å²) in [6, 6.07) is 7.64. The minimum atomic E-state index is -0.593. The number of carbonyl (C=O) groups excluding carboxylic acids is 1. The van der Waals surface area contributed by atoms with E-state index in [4.69, 9.17) is 16.3 Å². The van der Waals surface area contributed by atoms with Crippen LogP contribution < -0.4 is 4.74 Å². The third kappa shape index (κ3) is 4.06. The molecule has 1 aromatic heterocycles. The Labute approximate surface area is 149 Å². The Morgan fingerprint density at radius 1 is 1.32 bits per heavy atom. The number of nitro benzene ring substituents is 1. The van der Waals surface area contributed by atoms with E-state index in [-0.39, 0.29) is 28.3 Å². The number of halogens is 1. The standard InChI is InChI=1S/C17H16ClN3O4/c18-15-4-3-12(10-16(15)21(23)24)17(22)20-9-1-2-14(11-20)25-13-5-7-19-8-6-13/h3-8,10,14H,1-2,9,11H2. The molecule has 1 saturated heterocycles. The quantitative estimate of drug-likeness (QED) is 0.616. The topological polar surface area (TPSA) is 85.6 Å². The van der Waals surface area contributed by atoms with Crippen molar-refractivity contribution in [3.05, 3.63) is 63.4 Å². The van der Waals surface area contributed by atoms with E-state index in [2.05, 4.69) is 4.98 Å². The first-order chi connectivity index (χ1) is 12.0. The van der Waals surface area contributed by atoms with Crippen LogP contribution in [0, 0.1) is 10.1 Å². The smallest absolute Gasteiger partial charge is 0.288 e. The van der Waals surface area contributed by atoms with Crippen molar-refractivity contribution in [1.82, 2.24) is 9.88 Å². The molecule has 1 unspecified atom stereocenters. The molecule has 0 aliphatic carbocycles. The van der Waals surface area contributed by atoms with Crippen LogP contribution in [0.3, 0.4) is 0 Å². The first-order valence-electron chi connectivity index (χ1n) is 7.84. The van der Waals surface area contributed by atoms with Gasteiger partial charge in [-0.2, -0.15) is 0 Å². The molecule has 8 heteroatoms. The number of aromatic nitrogens is 1. The fourth-order valence-corrected chi connectivity index (χ4v) is 2.98. The highest BCUT2D eigenvalue weighted by atomic mass is 35.5. The summed E-state index contributed by atoms with van der Waals surface area (Å²) in [7, 11) is 0. The van der Waals surface area contributed by atoms with Gasteiger partial charge in [-0.1, -0.05) is 11.6 Å². The van der Waals surface area contributed by atoms with Gasteiger partial charge < -0.3 is 9.64 Å². The highest BCUT2D eigenvalue weighted by Gasteiger charge is 2.27. The summed E-state index contributed by atoms with van der Waals surface area (Å²) in [6.07, 6.45) is 4.81. The van der Waals surface area contributed by atoms with E-state index in [1.54, 1.807) is 29.4 Å². The summed E-state index contributed by atoms with van der Waals surface area (Å²) >= 11 is 5.80. The minimum absolute atomic E-state index is 0.0130. The molecule has 0 spiro atoms. The third-order valence-electron chi connectivity index (χ3n) is 4.01. The van der Waals surface area contributed by atoms with Crippen molar-refractivity contribution in [3.63, 3.8) is 0 Å². The number of carbonyl (C=O) groups is 1. The number of pyridine rings is 1. The predicted molar refractivity (Wildman–Crippen MR) is 91.9 cm³/mol. The van der Waals surface area contributed by atoms with E-state index in [0.29, 0.717) is 18.8 Å². The van der Waals surface area contributed by atoms with Crippen LogP contribution in [0.25, 0.3) is 0 Å². The molecule has 0 saturated carbocycles. The molecule has 1 aliphatic rings. The van der Waals surface area contributed by atoms with Crippen LogP contribution in [0.2, 0.25) is 5.02 Å². The molecule has 2 aromatic rings. The predicted octanol–water partition coefficient (Wildman–Crippen LogP) is 3.33. The second kappa shape index (κ2) is 7.48. The number of piperidine rings is 1. The summed E-state index contributed by atoms with van der Waals surface area (Å²) in [6.45, 7) is 1.02. The summed E-state index contributed by atoms with van der Waals surface area (Å²) < 4.78 is 5.89. The van der Waals surface area contributed by atoms with Gasteiger partial charge in [0.15, 0.2) is 0 Å². The van der Waals surface area contributed by atoms with Gasteiger partial charge in [0.25, 0.3) is 11.6 Å². The summed E-state index contributed by atoms with van der Waals surface area (Å²) in [4.78, 5) is 28.7. The molecular weight excluding hydrogens is 346 g/mol. The molecule has 1 aliphatic heterocycles. The van der Waals surface area contributed by atoms with Crippen LogP contribution in [0.4, 0.5) is 5.69 Å². The fourth-order valence-electron chi connectivity index (χ4n) is 2.80. The van der Waals surface area contributed by atoms with Gasteiger partial charge >= 0.3 is 0 Å². The van der Waals surface area contributed by atoms with Gasteiger partial charge in [-0.15, -0.1) is 0 Å². The molecule has 25 heavy (non-hydrogen) atoms. The second-order valence-electron chi connectivity index (χ2n) is 5.74. The SMILES string of the molecule is O=C(c1ccc(Cl)c([N+](=O)[O-])c1)N1CCCC(Oc2ccncc2)C1. The number of rotatable bonds is 4. The normalized spacial score (nSPS) is 17.2. The van der Waals surface area contributed by atoms with E-state index in [0.717, 1.165) is 12.8 Å². The number of hydrogen-bond acceptors (Lipinski definition) is 5. The van der Waals surface area contributed by atoms with Crippen molar-refractivity contribution in [2.75, 3.05) is 13.1 Å². The van der Waals surface area contributed by atoms with E-state index < -0.39 is 4.92 Å². The van der Waals surface area contributed by atoms with Crippen LogP contribution in [0.1, 0.15) is 23.2 Å². The van der Waals surface area contributed by atoms with Crippen LogP contribution in [-0.2, 0) is 0 Å². The van der Waals surface area contributed by atoms with Gasteiger partial charge in [0.1, 0.15) is 16.9 Å². The summed E-state index contributed by atoms with van der Waals surface area (Å²) in [5, 5.41) is 11.0. The maximum Gasteiger partial charge on any atom is 0.288 e. The first kappa shape index (κ1) is 17.2. The molecule has 1 atom stereocenters. The van der Waals surface area contributed by atoms with Crippen molar-refractivity contribution >= 4 is 23.2 Å². The second-order valence-corrected chi connectivity index (χ2v) is 6.15. The molecular formula is C17H16ClN3O4. The Morgan fingerprint density at radius 3 is 2.80 bits per heavy atom. The number of ether oxygens (including phenoxy) is 1. The Kier molecular flexibility index (Phi) is 5.14. The molecule has 1 fully saturated rings. The molecule has 3 rings (SSSR count). The van der Waals surface area contributed by atoms with Gasteiger partial charge in [-0.05, 0) is 37.1 Å².